The van der Waals surface area contributed by atoms with E-state index in [2.05, 4.69) is 10.2 Å². The molecule has 0 unspecified atom stereocenters. The van der Waals surface area contributed by atoms with E-state index in [9.17, 15) is 9.13 Å². The Morgan fingerprint density at radius 3 is 2.09 bits per heavy atom. The van der Waals surface area contributed by atoms with Crippen LogP contribution in [-0.2, 0) is 33.0 Å². The van der Waals surface area contributed by atoms with Gasteiger partial charge in [0.05, 0.1) is 39.2 Å². The first-order valence-electron chi connectivity index (χ1n) is 14.7. The fourth-order valence-corrected chi connectivity index (χ4v) is 9.96. The van der Waals surface area contributed by atoms with E-state index in [0.29, 0.717) is 27.2 Å². The molecule has 0 heterocycles. The van der Waals surface area contributed by atoms with Gasteiger partial charge in [0.1, 0.15) is 11.5 Å². The van der Waals surface area contributed by atoms with E-state index >= 15 is 0 Å². The molecule has 3 aromatic rings. The Bertz CT molecular complexity index is 1550. The number of allylic oxidation sites excluding steroid dienone is 1. The molecule has 0 aliphatic heterocycles. The lowest BCUT2D eigenvalue weighted by molar-refractivity contribution is 0.167. The summed E-state index contributed by atoms with van der Waals surface area (Å²) in [5.74, 6) is 1.45. The molecule has 0 atom stereocenters. The zero-order valence-corrected chi connectivity index (χ0v) is 30.0. The van der Waals surface area contributed by atoms with Crippen molar-refractivity contribution in [2.75, 3.05) is 33.5 Å². The molecule has 0 spiro atoms. The minimum atomic E-state index is -3.93. The fraction of sp³-hybridized carbons (Fsp3) is 0.312. The van der Waals surface area contributed by atoms with Crippen molar-refractivity contribution in [2.24, 2.45) is 10.2 Å². The number of para-hydroxylation sites is 1. The van der Waals surface area contributed by atoms with Crippen molar-refractivity contribution >= 4 is 53.9 Å². The van der Waals surface area contributed by atoms with Crippen LogP contribution in [0.1, 0.15) is 44.4 Å². The van der Waals surface area contributed by atoms with Crippen molar-refractivity contribution in [3.8, 4) is 11.5 Å². The molecule has 0 saturated heterocycles. The summed E-state index contributed by atoms with van der Waals surface area (Å²) in [4.78, 5) is 0. The Morgan fingerprint density at radius 1 is 0.783 bits per heavy atom. The van der Waals surface area contributed by atoms with Crippen LogP contribution in [0, 0.1) is 0 Å². The molecule has 0 N–H and O–H groups in total. The van der Waals surface area contributed by atoms with E-state index < -0.39 is 14.6 Å². The van der Waals surface area contributed by atoms with E-state index in [1.165, 1.54) is 11.8 Å². The van der Waals surface area contributed by atoms with E-state index in [0.717, 1.165) is 22.5 Å². The molecule has 0 aliphatic rings. The summed E-state index contributed by atoms with van der Waals surface area (Å²) in [6.07, 6.45) is 3.59. The molecule has 0 bridgehead atoms. The molecule has 0 aromatic heterocycles. The quantitative estimate of drug-likeness (QED) is 0.0548. The van der Waals surface area contributed by atoms with Gasteiger partial charge in [0.25, 0.3) is 0 Å². The van der Waals surface area contributed by atoms with Crippen molar-refractivity contribution < 1.29 is 36.5 Å². The molecule has 0 aliphatic carbocycles. The second kappa shape index (κ2) is 19.9. The van der Waals surface area contributed by atoms with Crippen LogP contribution in [0.5, 0.6) is 11.5 Å². The van der Waals surface area contributed by atoms with E-state index in [-0.39, 0.29) is 32.2 Å². The standard InChI is InChI=1S/C32H40N2O8P2S2/c1-6-38-43(35,39-7-2)42-31-21-14-13-20-29(31)30(23-22-26-18-15-19-28(24-26)37-5)33-34-32(45-25-27-16-11-10-12-17-27)46-44(36,40-8-3)41-9-4/h10-24H,6-9,25H2,1-5H3/b23-22+,33-30+,34-32+. The number of methoxy groups -OCH3 is 1. The van der Waals surface area contributed by atoms with Gasteiger partial charge in [0, 0.05) is 22.7 Å². The van der Waals surface area contributed by atoms with Crippen LogP contribution in [0.25, 0.3) is 6.08 Å². The number of benzene rings is 3. The molecule has 0 saturated carbocycles. The second-order valence-electron chi connectivity index (χ2n) is 8.98. The number of hydrogen-bond acceptors (Lipinski definition) is 12. The van der Waals surface area contributed by atoms with Crippen molar-refractivity contribution in [1.29, 1.82) is 0 Å². The normalized spacial score (nSPS) is 12.9. The summed E-state index contributed by atoms with van der Waals surface area (Å²) in [6.45, 7) is 3.97. The number of thioether (sulfide) groups is 1. The first-order chi connectivity index (χ1) is 22.3. The van der Waals surface area contributed by atoms with Gasteiger partial charge in [-0.05, 0) is 69.2 Å². The van der Waals surface area contributed by atoms with Crippen LogP contribution >= 0.6 is 37.8 Å². The third-order valence-corrected chi connectivity index (χ3v) is 12.5. The molecule has 10 nitrogen and oxygen atoms in total. The summed E-state index contributed by atoms with van der Waals surface area (Å²) < 4.78 is 60.3. The first-order valence-corrected chi connectivity index (χ1v) is 20.1. The lowest BCUT2D eigenvalue weighted by Gasteiger charge is -2.19. The Morgan fingerprint density at radius 2 is 1.43 bits per heavy atom. The Hall–Kier alpha value is -2.66. The van der Waals surface area contributed by atoms with Gasteiger partial charge in [-0.1, -0.05) is 72.4 Å². The highest BCUT2D eigenvalue weighted by atomic mass is 32.7. The number of rotatable bonds is 18. The maximum Gasteiger partial charge on any atom is 0.530 e. The minimum absolute atomic E-state index is 0.124. The summed E-state index contributed by atoms with van der Waals surface area (Å²) in [7, 11) is -2.33. The van der Waals surface area contributed by atoms with Gasteiger partial charge in [-0.15, -0.1) is 10.2 Å². The molecule has 0 fully saturated rings. The molecule has 46 heavy (non-hydrogen) atoms. The van der Waals surface area contributed by atoms with Crippen LogP contribution in [0.2, 0.25) is 0 Å². The average Bonchev–Trinajstić information content (AvgIpc) is 3.05. The SMILES string of the molecule is CCOP(=O)(OCC)Oc1ccccc1C(/C=C/c1cccc(OC)c1)=N/N=C(\SCc1ccccc1)SP(=O)(OCC)OCC. The van der Waals surface area contributed by atoms with Crippen LogP contribution in [0.3, 0.4) is 0 Å². The Kier molecular flexibility index (Phi) is 16.3. The zero-order chi connectivity index (χ0) is 33.3. The maximum absolute atomic E-state index is 13.5. The largest absolute Gasteiger partial charge is 0.530 e. The number of phosphoric acid groups is 1. The monoisotopic (exact) mass is 706 g/mol. The van der Waals surface area contributed by atoms with Crippen LogP contribution in [0.15, 0.2) is 95.1 Å². The van der Waals surface area contributed by atoms with Crippen LogP contribution < -0.4 is 9.26 Å². The summed E-state index contributed by atoms with van der Waals surface area (Å²) in [5, 5.41) is 9.17. The third kappa shape index (κ3) is 12.5. The highest BCUT2D eigenvalue weighted by molar-refractivity contribution is 8.69. The molecule has 0 radical (unpaired) electrons. The first kappa shape index (κ1) is 37.8. The molecular formula is C32H40N2O8P2S2. The van der Waals surface area contributed by atoms with Crippen LogP contribution in [-0.4, -0.2) is 43.6 Å². The molecule has 248 valence electrons. The molecule has 0 amide bonds. The molecule has 3 aromatic carbocycles. The number of hydrogen-bond donors (Lipinski definition) is 0. The third-order valence-electron chi connectivity index (χ3n) is 5.68. The van der Waals surface area contributed by atoms with Gasteiger partial charge in [0.2, 0.25) is 0 Å². The lowest BCUT2D eigenvalue weighted by atomic mass is 10.1. The highest BCUT2D eigenvalue weighted by Gasteiger charge is 2.30. The summed E-state index contributed by atoms with van der Waals surface area (Å²) in [5.41, 5.74) is 2.72. The van der Waals surface area contributed by atoms with Gasteiger partial charge >= 0.3 is 14.6 Å². The van der Waals surface area contributed by atoms with E-state index in [4.69, 9.17) is 27.4 Å². The summed E-state index contributed by atoms with van der Waals surface area (Å²) in [6, 6.07) is 24.3. The zero-order valence-electron chi connectivity index (χ0n) is 26.6. The van der Waals surface area contributed by atoms with Crippen molar-refractivity contribution in [3.05, 3.63) is 102 Å². The van der Waals surface area contributed by atoms with Gasteiger partial charge in [-0.25, -0.2) is 9.13 Å². The van der Waals surface area contributed by atoms with Crippen LogP contribution in [0.4, 0.5) is 0 Å². The molecule has 3 rings (SSSR count). The Balaban J connectivity index is 2.14. The predicted molar refractivity (Wildman–Crippen MR) is 190 cm³/mol. The average molecular weight is 707 g/mol. The van der Waals surface area contributed by atoms with E-state index in [1.54, 1.807) is 65.1 Å². The van der Waals surface area contributed by atoms with Gasteiger partial charge in [0.15, 0.2) is 4.38 Å². The maximum atomic E-state index is 13.5. The molecular weight excluding hydrogens is 666 g/mol. The van der Waals surface area contributed by atoms with Crippen molar-refractivity contribution in [3.63, 3.8) is 0 Å². The van der Waals surface area contributed by atoms with Crippen molar-refractivity contribution in [2.45, 2.75) is 33.4 Å². The second-order valence-corrected chi connectivity index (χ2v) is 15.7. The summed E-state index contributed by atoms with van der Waals surface area (Å²) >= 11 is 2.26. The lowest BCUT2D eigenvalue weighted by Crippen LogP contribution is -2.06. The van der Waals surface area contributed by atoms with E-state index in [1.807, 2.05) is 60.7 Å². The van der Waals surface area contributed by atoms with Gasteiger partial charge in [-0.2, -0.15) is 0 Å². The molecule has 14 heteroatoms. The fourth-order valence-electron chi connectivity index (χ4n) is 3.77. The minimum Gasteiger partial charge on any atom is -0.497 e. The van der Waals surface area contributed by atoms with Gasteiger partial charge in [-0.3, -0.25) is 9.05 Å². The Labute approximate surface area is 279 Å². The topological polar surface area (TPSA) is 114 Å². The van der Waals surface area contributed by atoms with Gasteiger partial charge < -0.3 is 18.3 Å². The number of ether oxygens (including phenoxy) is 1. The highest BCUT2D eigenvalue weighted by Crippen LogP contribution is 2.62. The predicted octanol–water partition coefficient (Wildman–Crippen LogP) is 9.88. The number of phosphoric ester groups is 1. The number of nitrogens with zero attached hydrogens (tertiary/aromatic N) is 2. The smallest absolute Gasteiger partial charge is 0.497 e. The van der Waals surface area contributed by atoms with Crippen molar-refractivity contribution in [1.82, 2.24) is 0 Å².